The lowest BCUT2D eigenvalue weighted by Crippen LogP contribution is -2.39. The van der Waals surface area contributed by atoms with Gasteiger partial charge in [0.2, 0.25) is 0 Å². The van der Waals surface area contributed by atoms with Crippen LogP contribution in [0.1, 0.15) is 30.9 Å². The molecule has 2 aromatic carbocycles. The molecule has 0 aliphatic carbocycles. The molecular formula is C22H24ClN3O. The SMILES string of the molecule is CCCCN(Cc1cc2ccccc2nc1Cl)C(=O)NCc1ccccc1. The predicted molar refractivity (Wildman–Crippen MR) is 111 cm³/mol. The van der Waals surface area contributed by atoms with Crippen LogP contribution < -0.4 is 5.32 Å². The highest BCUT2D eigenvalue weighted by atomic mass is 35.5. The Hall–Kier alpha value is -2.59. The molecule has 0 spiro atoms. The highest BCUT2D eigenvalue weighted by Crippen LogP contribution is 2.22. The number of urea groups is 1. The zero-order valence-corrected chi connectivity index (χ0v) is 16.2. The van der Waals surface area contributed by atoms with Crippen molar-refractivity contribution in [3.63, 3.8) is 0 Å². The third-order valence-electron chi connectivity index (χ3n) is 4.47. The summed E-state index contributed by atoms with van der Waals surface area (Å²) in [6, 6.07) is 19.7. The first-order valence-electron chi connectivity index (χ1n) is 9.28. The van der Waals surface area contributed by atoms with Gasteiger partial charge in [0.05, 0.1) is 12.1 Å². The van der Waals surface area contributed by atoms with Gasteiger partial charge in [-0.3, -0.25) is 0 Å². The van der Waals surface area contributed by atoms with E-state index in [0.29, 0.717) is 24.8 Å². The average molecular weight is 382 g/mol. The number of nitrogens with zero attached hydrogens (tertiary/aromatic N) is 2. The van der Waals surface area contributed by atoms with Crippen molar-refractivity contribution in [2.45, 2.75) is 32.9 Å². The summed E-state index contributed by atoms with van der Waals surface area (Å²) in [6.07, 6.45) is 1.96. The molecule has 27 heavy (non-hydrogen) atoms. The quantitative estimate of drug-likeness (QED) is 0.557. The van der Waals surface area contributed by atoms with Gasteiger partial charge in [-0.1, -0.05) is 73.5 Å². The predicted octanol–water partition coefficient (Wildman–Crippen LogP) is 5.40. The lowest BCUT2D eigenvalue weighted by atomic mass is 10.1. The summed E-state index contributed by atoms with van der Waals surface area (Å²) in [5.41, 5.74) is 2.80. The molecule has 0 aliphatic heterocycles. The molecule has 0 aliphatic rings. The van der Waals surface area contributed by atoms with E-state index in [1.807, 2.05) is 65.6 Å². The van der Waals surface area contributed by atoms with Crippen LogP contribution in [0.4, 0.5) is 4.79 Å². The van der Waals surface area contributed by atoms with E-state index in [1.54, 1.807) is 0 Å². The van der Waals surface area contributed by atoms with Gasteiger partial charge in [-0.25, -0.2) is 9.78 Å². The van der Waals surface area contributed by atoms with Gasteiger partial charge in [0.1, 0.15) is 5.15 Å². The lowest BCUT2D eigenvalue weighted by Gasteiger charge is -2.23. The van der Waals surface area contributed by atoms with Crippen LogP contribution in [-0.2, 0) is 13.1 Å². The zero-order chi connectivity index (χ0) is 19.1. The minimum atomic E-state index is -0.0865. The topological polar surface area (TPSA) is 45.2 Å². The van der Waals surface area contributed by atoms with Crippen molar-refractivity contribution in [1.29, 1.82) is 0 Å². The summed E-state index contributed by atoms with van der Waals surface area (Å²) >= 11 is 6.39. The second-order valence-electron chi connectivity index (χ2n) is 6.55. The van der Waals surface area contributed by atoms with Crippen molar-refractivity contribution in [2.24, 2.45) is 0 Å². The Balaban J connectivity index is 1.74. The van der Waals surface area contributed by atoms with Crippen molar-refractivity contribution >= 4 is 28.5 Å². The molecule has 3 aromatic rings. The highest BCUT2D eigenvalue weighted by Gasteiger charge is 2.16. The van der Waals surface area contributed by atoms with Gasteiger partial charge >= 0.3 is 6.03 Å². The fourth-order valence-electron chi connectivity index (χ4n) is 2.94. The largest absolute Gasteiger partial charge is 0.334 e. The first kappa shape index (κ1) is 19.2. The molecule has 1 N–H and O–H groups in total. The van der Waals surface area contributed by atoms with Crippen LogP contribution in [0.5, 0.6) is 0 Å². The molecule has 0 atom stereocenters. The van der Waals surface area contributed by atoms with Crippen molar-refractivity contribution in [3.05, 3.63) is 76.9 Å². The number of unbranched alkanes of at least 4 members (excludes halogenated alkanes) is 1. The third-order valence-corrected chi connectivity index (χ3v) is 4.79. The summed E-state index contributed by atoms with van der Waals surface area (Å²) in [6.45, 7) is 3.74. The monoisotopic (exact) mass is 381 g/mol. The number of para-hydroxylation sites is 1. The van der Waals surface area contributed by atoms with Gasteiger partial charge in [-0.15, -0.1) is 0 Å². The van der Waals surface area contributed by atoms with Gasteiger partial charge < -0.3 is 10.2 Å². The van der Waals surface area contributed by atoms with Gasteiger partial charge in [-0.05, 0) is 24.1 Å². The van der Waals surface area contributed by atoms with Crippen LogP contribution in [0.15, 0.2) is 60.7 Å². The molecule has 4 nitrogen and oxygen atoms in total. The number of nitrogens with one attached hydrogen (secondary N) is 1. The van der Waals surface area contributed by atoms with Crippen LogP contribution in [-0.4, -0.2) is 22.5 Å². The molecule has 0 unspecified atom stereocenters. The summed E-state index contributed by atoms with van der Waals surface area (Å²) < 4.78 is 0. The van der Waals surface area contributed by atoms with E-state index in [2.05, 4.69) is 17.2 Å². The van der Waals surface area contributed by atoms with Gasteiger partial charge in [-0.2, -0.15) is 0 Å². The van der Waals surface area contributed by atoms with Crippen LogP contribution in [0.2, 0.25) is 5.15 Å². The molecule has 5 heteroatoms. The van der Waals surface area contributed by atoms with E-state index >= 15 is 0 Å². The average Bonchev–Trinajstić information content (AvgIpc) is 2.70. The summed E-state index contributed by atoms with van der Waals surface area (Å²) in [5.74, 6) is 0. The first-order valence-corrected chi connectivity index (χ1v) is 9.66. The molecule has 140 valence electrons. The van der Waals surface area contributed by atoms with Crippen LogP contribution in [0.3, 0.4) is 0 Å². The second kappa shape index (κ2) is 9.38. The molecule has 0 bridgehead atoms. The number of benzene rings is 2. The molecule has 3 rings (SSSR count). The van der Waals surface area contributed by atoms with Crippen LogP contribution >= 0.6 is 11.6 Å². The standard InChI is InChI=1S/C22H24ClN3O/c1-2-3-13-26(22(27)24-15-17-9-5-4-6-10-17)16-19-14-18-11-7-8-12-20(18)25-21(19)23/h4-12,14H,2-3,13,15-16H2,1H3,(H,24,27). The molecule has 0 saturated carbocycles. The summed E-state index contributed by atoms with van der Waals surface area (Å²) in [4.78, 5) is 19.0. The fourth-order valence-corrected chi connectivity index (χ4v) is 3.14. The molecular weight excluding hydrogens is 358 g/mol. The Labute approximate surface area is 165 Å². The summed E-state index contributed by atoms with van der Waals surface area (Å²) in [5, 5.41) is 4.48. The lowest BCUT2D eigenvalue weighted by molar-refractivity contribution is 0.193. The number of amides is 2. The normalized spacial score (nSPS) is 10.7. The van der Waals surface area contributed by atoms with Crippen molar-refractivity contribution < 1.29 is 4.79 Å². The third kappa shape index (κ3) is 5.20. The minimum Gasteiger partial charge on any atom is -0.334 e. The number of halogens is 1. The minimum absolute atomic E-state index is 0.0865. The van der Waals surface area contributed by atoms with Gasteiger partial charge in [0.15, 0.2) is 0 Å². The zero-order valence-electron chi connectivity index (χ0n) is 15.5. The summed E-state index contributed by atoms with van der Waals surface area (Å²) in [7, 11) is 0. The van der Waals surface area contributed by atoms with Crippen molar-refractivity contribution in [3.8, 4) is 0 Å². The molecule has 2 amide bonds. The molecule has 1 heterocycles. The Kier molecular flexibility index (Phi) is 6.66. The Morgan fingerprint density at radius 3 is 2.63 bits per heavy atom. The van der Waals surface area contributed by atoms with E-state index in [1.165, 1.54) is 0 Å². The van der Waals surface area contributed by atoms with Gasteiger partial charge in [0, 0.05) is 24.0 Å². The fraction of sp³-hybridized carbons (Fsp3) is 0.273. The van der Waals surface area contributed by atoms with E-state index < -0.39 is 0 Å². The molecule has 0 saturated heterocycles. The van der Waals surface area contributed by atoms with E-state index in [4.69, 9.17) is 11.6 Å². The molecule has 0 radical (unpaired) electrons. The maximum Gasteiger partial charge on any atom is 0.317 e. The van der Waals surface area contributed by atoms with Gasteiger partial charge in [0.25, 0.3) is 0 Å². The maximum atomic E-state index is 12.8. The number of fused-ring (bicyclic) bond motifs is 1. The number of hydrogen-bond donors (Lipinski definition) is 1. The van der Waals surface area contributed by atoms with E-state index in [-0.39, 0.29) is 6.03 Å². The number of pyridine rings is 1. The maximum absolute atomic E-state index is 12.8. The van der Waals surface area contributed by atoms with E-state index in [0.717, 1.165) is 34.9 Å². The second-order valence-corrected chi connectivity index (χ2v) is 6.91. The number of carbonyl (C=O) groups excluding carboxylic acids is 1. The van der Waals surface area contributed by atoms with Crippen molar-refractivity contribution in [1.82, 2.24) is 15.2 Å². The van der Waals surface area contributed by atoms with E-state index in [9.17, 15) is 4.79 Å². The smallest absolute Gasteiger partial charge is 0.317 e. The Morgan fingerprint density at radius 2 is 1.85 bits per heavy atom. The number of hydrogen-bond acceptors (Lipinski definition) is 2. The number of carbonyl (C=O) groups is 1. The Morgan fingerprint density at radius 1 is 1.11 bits per heavy atom. The molecule has 0 fully saturated rings. The van der Waals surface area contributed by atoms with Crippen LogP contribution in [0, 0.1) is 0 Å². The Bertz CT molecular complexity index is 898. The van der Waals surface area contributed by atoms with Crippen molar-refractivity contribution in [2.75, 3.05) is 6.54 Å². The van der Waals surface area contributed by atoms with Crippen LogP contribution in [0.25, 0.3) is 10.9 Å². The number of rotatable bonds is 7. The highest BCUT2D eigenvalue weighted by molar-refractivity contribution is 6.30. The first-order chi connectivity index (χ1) is 13.2. The molecule has 1 aromatic heterocycles. The number of aromatic nitrogens is 1.